The van der Waals surface area contributed by atoms with Crippen molar-refractivity contribution in [2.75, 3.05) is 11.5 Å². The largest absolute Gasteiger partial charge is 0.417 e. The molecule has 0 aromatic heterocycles. The molecule has 4 saturated heterocycles. The second-order valence-corrected chi connectivity index (χ2v) is 8.71. The molecule has 6 nitrogen and oxygen atoms in total. The summed E-state index contributed by atoms with van der Waals surface area (Å²) in [5.41, 5.74) is -4.50. The zero-order chi connectivity index (χ0) is 21.0. The van der Waals surface area contributed by atoms with E-state index in [1.54, 1.807) is 19.9 Å². The maximum atomic E-state index is 13.6. The van der Waals surface area contributed by atoms with E-state index in [1.807, 2.05) is 0 Å². The number of aliphatic hydroxyl groups is 1. The number of hydrogen-bond donors (Lipinski definition) is 1. The van der Waals surface area contributed by atoms with E-state index >= 15 is 0 Å². The van der Waals surface area contributed by atoms with Crippen molar-refractivity contribution in [2.45, 2.75) is 56.4 Å². The van der Waals surface area contributed by atoms with Crippen LogP contribution in [0.25, 0.3) is 0 Å². The van der Waals surface area contributed by atoms with Crippen molar-refractivity contribution in [1.82, 2.24) is 0 Å². The van der Waals surface area contributed by atoms with Gasteiger partial charge in [0.1, 0.15) is 11.8 Å². The van der Waals surface area contributed by atoms with Gasteiger partial charge in [-0.05, 0) is 32.0 Å². The average molecular weight is 408 g/mol. The standard InChI is InChI=1S/C20H19F3N2O4/c1-17-8-13(26)19(29-17)5-6-28-15-14(19)18(17,2)16(27)25(15)11-4-3-10(9-24)12(7-11)20(21,22)23/h3-4,7,13-15,26H,5-6,8H2,1-2H3/t13?,14?,15?,17?,18-,19?/m1/s1. The molecule has 1 aromatic carbocycles. The van der Waals surface area contributed by atoms with Gasteiger partial charge in [-0.3, -0.25) is 9.69 Å². The van der Waals surface area contributed by atoms with Crippen LogP contribution in [0.15, 0.2) is 18.2 Å². The first kappa shape index (κ1) is 18.9. The van der Waals surface area contributed by atoms with Gasteiger partial charge >= 0.3 is 6.18 Å². The Labute approximate surface area is 164 Å². The molecule has 154 valence electrons. The van der Waals surface area contributed by atoms with Crippen LogP contribution in [0.5, 0.6) is 0 Å². The Hall–Kier alpha value is -2.15. The van der Waals surface area contributed by atoms with Crippen molar-refractivity contribution in [3.8, 4) is 6.07 Å². The molecule has 29 heavy (non-hydrogen) atoms. The molecule has 1 aromatic rings. The molecule has 0 radical (unpaired) electrons. The number of carbonyl (C=O) groups excluding carboxylic acids is 1. The van der Waals surface area contributed by atoms with Crippen molar-refractivity contribution < 1.29 is 32.5 Å². The van der Waals surface area contributed by atoms with Gasteiger partial charge in [-0.1, -0.05) is 0 Å². The SMILES string of the molecule is CC12CC(O)C3(CCOC4C3[C@]1(C)C(=O)N4c1ccc(C#N)c(C(F)(F)F)c1)O2. The predicted octanol–water partition coefficient (Wildman–Crippen LogP) is 2.58. The van der Waals surface area contributed by atoms with Gasteiger partial charge in [0, 0.05) is 18.5 Å². The number of halogens is 3. The molecule has 4 aliphatic rings. The molecule has 4 aliphatic heterocycles. The number of anilines is 1. The first-order chi connectivity index (χ1) is 13.5. The van der Waals surface area contributed by atoms with Crippen molar-refractivity contribution in [3.63, 3.8) is 0 Å². The molecule has 2 bridgehead atoms. The molecule has 1 spiro atoms. The number of alkyl halides is 3. The Kier molecular flexibility index (Phi) is 3.45. The second kappa shape index (κ2) is 5.31. The number of carbonyl (C=O) groups is 1. The molecule has 6 atom stereocenters. The van der Waals surface area contributed by atoms with E-state index in [-0.39, 0.29) is 24.6 Å². The summed E-state index contributed by atoms with van der Waals surface area (Å²) < 4.78 is 52.5. The van der Waals surface area contributed by atoms with Crippen molar-refractivity contribution in [1.29, 1.82) is 5.26 Å². The fourth-order valence-electron chi connectivity index (χ4n) is 6.04. The van der Waals surface area contributed by atoms with Crippen LogP contribution in [0.3, 0.4) is 0 Å². The molecule has 0 aliphatic carbocycles. The molecular formula is C20H19F3N2O4. The minimum atomic E-state index is -4.73. The van der Waals surface area contributed by atoms with E-state index in [9.17, 15) is 23.1 Å². The van der Waals surface area contributed by atoms with E-state index < -0.39 is 52.2 Å². The Bertz CT molecular complexity index is 975. The maximum absolute atomic E-state index is 13.6. The fraction of sp³-hybridized carbons (Fsp3) is 0.600. The number of ether oxygens (including phenoxy) is 2. The molecule has 0 saturated carbocycles. The third kappa shape index (κ3) is 2.00. The molecule has 5 rings (SSSR count). The van der Waals surface area contributed by atoms with E-state index in [0.29, 0.717) is 6.42 Å². The highest BCUT2D eigenvalue weighted by molar-refractivity contribution is 6.02. The lowest BCUT2D eigenvalue weighted by molar-refractivity contribution is -0.164. The summed E-state index contributed by atoms with van der Waals surface area (Å²) in [7, 11) is 0. The molecule has 1 amide bonds. The van der Waals surface area contributed by atoms with Crippen molar-refractivity contribution >= 4 is 11.6 Å². The highest BCUT2D eigenvalue weighted by Crippen LogP contribution is 2.71. The maximum Gasteiger partial charge on any atom is 0.417 e. The number of nitrogens with zero attached hydrogens (tertiary/aromatic N) is 2. The molecule has 4 heterocycles. The number of aliphatic hydroxyl groups excluding tert-OH is 1. The van der Waals surface area contributed by atoms with Crippen LogP contribution in [0.1, 0.15) is 37.8 Å². The first-order valence-corrected chi connectivity index (χ1v) is 9.44. The van der Waals surface area contributed by atoms with Crippen LogP contribution >= 0.6 is 0 Å². The lowest BCUT2D eigenvalue weighted by Gasteiger charge is -2.46. The number of hydrogen-bond acceptors (Lipinski definition) is 5. The number of fused-ring (bicyclic) bond motifs is 2. The highest BCUT2D eigenvalue weighted by Gasteiger charge is 2.83. The number of benzene rings is 1. The lowest BCUT2D eigenvalue weighted by atomic mass is 9.56. The third-order valence-corrected chi connectivity index (χ3v) is 7.50. The zero-order valence-electron chi connectivity index (χ0n) is 15.8. The second-order valence-electron chi connectivity index (χ2n) is 8.71. The van der Waals surface area contributed by atoms with Gasteiger partial charge in [-0.25, -0.2) is 0 Å². The number of rotatable bonds is 1. The molecule has 9 heteroatoms. The van der Waals surface area contributed by atoms with Gasteiger partial charge in [-0.15, -0.1) is 0 Å². The Morgan fingerprint density at radius 1 is 1.34 bits per heavy atom. The van der Waals surface area contributed by atoms with Crippen LogP contribution in [0.2, 0.25) is 0 Å². The highest BCUT2D eigenvalue weighted by atomic mass is 19.4. The predicted molar refractivity (Wildman–Crippen MR) is 92.4 cm³/mol. The topological polar surface area (TPSA) is 82.8 Å². The summed E-state index contributed by atoms with van der Waals surface area (Å²) in [6, 6.07) is 4.78. The quantitative estimate of drug-likeness (QED) is 0.773. The van der Waals surface area contributed by atoms with Crippen LogP contribution in [-0.2, 0) is 20.4 Å². The van der Waals surface area contributed by atoms with Gasteiger partial charge in [0.05, 0.1) is 46.8 Å². The third-order valence-electron chi connectivity index (χ3n) is 7.50. The Morgan fingerprint density at radius 3 is 2.72 bits per heavy atom. The number of nitriles is 1. The summed E-state index contributed by atoms with van der Waals surface area (Å²) in [6.45, 7) is 3.75. The first-order valence-electron chi connectivity index (χ1n) is 9.44. The van der Waals surface area contributed by atoms with Gasteiger partial charge in [-0.2, -0.15) is 18.4 Å². The fourth-order valence-corrected chi connectivity index (χ4v) is 6.04. The molecule has 5 unspecified atom stereocenters. The molecular weight excluding hydrogens is 389 g/mol. The van der Waals surface area contributed by atoms with E-state index in [1.165, 1.54) is 11.0 Å². The van der Waals surface area contributed by atoms with Crippen LogP contribution in [-0.4, -0.2) is 41.2 Å². The van der Waals surface area contributed by atoms with Crippen LogP contribution in [0, 0.1) is 22.7 Å². The smallest absolute Gasteiger partial charge is 0.390 e. The minimum Gasteiger partial charge on any atom is -0.390 e. The van der Waals surface area contributed by atoms with Gasteiger partial charge < -0.3 is 14.6 Å². The van der Waals surface area contributed by atoms with E-state index in [0.717, 1.165) is 12.1 Å². The summed E-state index contributed by atoms with van der Waals surface area (Å²) in [4.78, 5) is 14.9. The monoisotopic (exact) mass is 408 g/mol. The summed E-state index contributed by atoms with van der Waals surface area (Å²) in [5.74, 6) is -0.890. The molecule has 1 N–H and O–H groups in total. The van der Waals surface area contributed by atoms with Crippen LogP contribution < -0.4 is 4.90 Å². The van der Waals surface area contributed by atoms with E-state index in [2.05, 4.69) is 0 Å². The van der Waals surface area contributed by atoms with Gasteiger partial charge in [0.15, 0.2) is 0 Å². The summed E-state index contributed by atoms with van der Waals surface area (Å²) in [6.07, 6.45) is -5.64. The Morgan fingerprint density at radius 2 is 2.07 bits per heavy atom. The van der Waals surface area contributed by atoms with Crippen LogP contribution in [0.4, 0.5) is 18.9 Å². The van der Waals surface area contributed by atoms with Gasteiger partial charge in [0.25, 0.3) is 0 Å². The molecule has 4 fully saturated rings. The lowest BCUT2D eigenvalue weighted by Crippen LogP contribution is -2.59. The average Bonchev–Trinajstić information content (AvgIpc) is 3.13. The Balaban J connectivity index is 1.67. The van der Waals surface area contributed by atoms with Crippen molar-refractivity contribution in [2.24, 2.45) is 11.3 Å². The summed E-state index contributed by atoms with van der Waals surface area (Å²) in [5, 5.41) is 19.8. The minimum absolute atomic E-state index is 0.0245. The van der Waals surface area contributed by atoms with Crippen molar-refractivity contribution in [3.05, 3.63) is 29.3 Å². The number of amides is 1. The normalized spacial score (nSPS) is 42.9. The van der Waals surface area contributed by atoms with Gasteiger partial charge in [0.2, 0.25) is 5.91 Å². The van der Waals surface area contributed by atoms with E-state index in [4.69, 9.17) is 14.7 Å². The zero-order valence-corrected chi connectivity index (χ0v) is 15.8. The summed E-state index contributed by atoms with van der Waals surface area (Å²) >= 11 is 0.